The first-order chi connectivity index (χ1) is 25.2. The number of hydrogen-bond donors (Lipinski definition) is 2. The van der Waals surface area contributed by atoms with Crippen LogP contribution in [0.2, 0.25) is 0 Å². The Balaban J connectivity index is 0.973. The van der Waals surface area contributed by atoms with Crippen LogP contribution in [0.4, 0.5) is 4.39 Å². The molecule has 4 saturated heterocycles. The van der Waals surface area contributed by atoms with Gasteiger partial charge < -0.3 is 20.1 Å². The topological polar surface area (TPSA) is 122 Å². The van der Waals surface area contributed by atoms with Gasteiger partial charge in [0.15, 0.2) is 0 Å². The molecule has 12 heteroatoms. The largest absolute Gasteiger partial charge is 0.481 e. The van der Waals surface area contributed by atoms with E-state index in [0.717, 1.165) is 85.4 Å². The van der Waals surface area contributed by atoms with E-state index in [4.69, 9.17) is 24.4 Å². The minimum Gasteiger partial charge on any atom is -0.481 e. The smallest absolute Gasteiger partial charge is 0.237 e. The summed E-state index contributed by atoms with van der Waals surface area (Å²) in [7, 11) is 3.22. The highest BCUT2D eigenvalue weighted by atomic mass is 19.1. The van der Waals surface area contributed by atoms with E-state index >= 15 is 4.39 Å². The number of aryl methyl sites for hydroxylation is 1. The minimum atomic E-state index is -0.349. The molecular weight excluding hydrogens is 661 g/mol. The van der Waals surface area contributed by atoms with Crippen LogP contribution in [0.25, 0.3) is 33.6 Å². The van der Waals surface area contributed by atoms with Crippen LogP contribution in [0.15, 0.2) is 48.7 Å². The van der Waals surface area contributed by atoms with Crippen LogP contribution in [0.1, 0.15) is 60.5 Å². The lowest BCUT2D eigenvalue weighted by atomic mass is 9.86. The van der Waals surface area contributed by atoms with Gasteiger partial charge in [-0.15, -0.1) is 0 Å². The molecule has 0 saturated carbocycles. The number of likely N-dealkylation sites (tertiary alicyclic amines) is 2. The average molecular weight is 704 g/mol. The molecule has 6 heterocycles. The molecule has 11 nitrogen and oxygen atoms in total. The summed E-state index contributed by atoms with van der Waals surface area (Å²) in [5.41, 5.74) is 7.26. The van der Waals surface area contributed by atoms with Crippen molar-refractivity contribution < 1.29 is 23.5 Å². The van der Waals surface area contributed by atoms with Crippen LogP contribution in [-0.4, -0.2) is 88.0 Å². The van der Waals surface area contributed by atoms with Gasteiger partial charge in [0.25, 0.3) is 0 Å². The monoisotopic (exact) mass is 703 g/mol. The SMILES string of the molecule is COc1nc(-c2cccc(-c3cccc(-c4cc5c(c(OC)n4)[C@@H](N4CC6(CCC(=O)N6)C4)CC5)c3F)c2C)cnc1CN1CC2(CCC(=O)N2)C1. The molecule has 2 aromatic heterocycles. The highest BCUT2D eigenvalue weighted by molar-refractivity contribution is 5.81. The van der Waals surface area contributed by atoms with Crippen molar-refractivity contribution in [1.82, 2.24) is 35.4 Å². The van der Waals surface area contributed by atoms with Crippen molar-refractivity contribution in [2.45, 2.75) is 69.1 Å². The first kappa shape index (κ1) is 32.9. The van der Waals surface area contributed by atoms with Crippen molar-refractivity contribution in [2.75, 3.05) is 40.4 Å². The van der Waals surface area contributed by atoms with Gasteiger partial charge in [0.05, 0.1) is 42.9 Å². The van der Waals surface area contributed by atoms with Gasteiger partial charge in [-0.1, -0.05) is 30.3 Å². The number of ether oxygens (including phenoxy) is 2. The fourth-order valence-electron chi connectivity index (χ4n) is 9.29. The van der Waals surface area contributed by atoms with E-state index < -0.39 is 0 Å². The zero-order valence-electron chi connectivity index (χ0n) is 29.7. The van der Waals surface area contributed by atoms with Crippen LogP contribution in [0, 0.1) is 12.7 Å². The fraction of sp³-hybridized carbons (Fsp3) is 0.425. The molecule has 2 N–H and O–H groups in total. The first-order valence-corrected chi connectivity index (χ1v) is 18.1. The molecule has 4 aliphatic heterocycles. The summed E-state index contributed by atoms with van der Waals surface area (Å²) >= 11 is 0. The van der Waals surface area contributed by atoms with Crippen LogP contribution < -0.4 is 20.1 Å². The highest BCUT2D eigenvalue weighted by Gasteiger charge is 2.51. The van der Waals surface area contributed by atoms with Gasteiger partial charge in [-0.05, 0) is 61.4 Å². The Labute approximate surface area is 302 Å². The number of carbonyl (C=O) groups is 2. The second-order valence-corrected chi connectivity index (χ2v) is 15.2. The Morgan fingerprint density at radius 2 is 1.46 bits per heavy atom. The second-order valence-electron chi connectivity index (χ2n) is 15.2. The van der Waals surface area contributed by atoms with Crippen LogP contribution >= 0.6 is 0 Å². The molecule has 1 aliphatic carbocycles. The van der Waals surface area contributed by atoms with E-state index in [2.05, 4.69) is 20.4 Å². The third-order valence-corrected chi connectivity index (χ3v) is 11.9. The molecule has 5 aliphatic rings. The molecule has 1 atom stereocenters. The van der Waals surface area contributed by atoms with E-state index in [1.165, 1.54) is 0 Å². The Morgan fingerprint density at radius 3 is 2.13 bits per heavy atom. The van der Waals surface area contributed by atoms with E-state index in [1.807, 2.05) is 37.3 Å². The maximum atomic E-state index is 16.7. The van der Waals surface area contributed by atoms with Gasteiger partial charge in [0, 0.05) is 73.9 Å². The van der Waals surface area contributed by atoms with Gasteiger partial charge >= 0.3 is 0 Å². The van der Waals surface area contributed by atoms with Gasteiger partial charge in [0.1, 0.15) is 11.5 Å². The number of pyridine rings is 1. The van der Waals surface area contributed by atoms with Gasteiger partial charge in [-0.3, -0.25) is 24.4 Å². The first-order valence-electron chi connectivity index (χ1n) is 18.1. The molecule has 0 unspecified atom stereocenters. The number of rotatable bonds is 8. The molecule has 52 heavy (non-hydrogen) atoms. The van der Waals surface area contributed by atoms with Crippen molar-refractivity contribution in [1.29, 1.82) is 0 Å². The van der Waals surface area contributed by atoms with Crippen LogP contribution in [0.5, 0.6) is 11.8 Å². The lowest BCUT2D eigenvalue weighted by Crippen LogP contribution is -2.67. The normalized spacial score (nSPS) is 21.5. The van der Waals surface area contributed by atoms with E-state index in [1.54, 1.807) is 32.5 Å². The number of hydrogen-bond acceptors (Lipinski definition) is 9. The molecule has 268 valence electrons. The Kier molecular flexibility index (Phi) is 7.81. The summed E-state index contributed by atoms with van der Waals surface area (Å²) in [6, 6.07) is 13.4. The Hall–Kier alpha value is -4.94. The summed E-state index contributed by atoms with van der Waals surface area (Å²) in [6.07, 6.45) is 6.46. The number of fused-ring (bicyclic) bond motifs is 1. The lowest BCUT2D eigenvalue weighted by Gasteiger charge is -2.50. The number of nitrogens with one attached hydrogen (secondary N) is 2. The van der Waals surface area contributed by atoms with Crippen LogP contribution in [-0.2, 0) is 22.6 Å². The summed E-state index contributed by atoms with van der Waals surface area (Å²) in [5, 5.41) is 6.30. The molecular formula is C40H42FN7O4. The number of aromatic nitrogens is 3. The molecule has 2 spiro atoms. The Morgan fingerprint density at radius 1 is 0.827 bits per heavy atom. The van der Waals surface area contributed by atoms with Crippen molar-refractivity contribution in [2.24, 2.45) is 0 Å². The van der Waals surface area contributed by atoms with Crippen LogP contribution in [0.3, 0.4) is 0 Å². The number of carbonyl (C=O) groups excluding carboxylic acids is 2. The molecule has 4 aromatic rings. The van der Waals surface area contributed by atoms with Crippen molar-refractivity contribution in [3.8, 4) is 45.4 Å². The van der Waals surface area contributed by atoms with Crippen molar-refractivity contribution >= 4 is 11.8 Å². The van der Waals surface area contributed by atoms with Crippen molar-refractivity contribution in [3.05, 3.63) is 76.9 Å². The second kappa shape index (κ2) is 12.3. The summed E-state index contributed by atoms with van der Waals surface area (Å²) in [5.74, 6) is 0.893. The average Bonchev–Trinajstić information content (AvgIpc) is 3.84. The predicted molar refractivity (Wildman–Crippen MR) is 192 cm³/mol. The zero-order valence-corrected chi connectivity index (χ0v) is 29.7. The number of nitrogens with zero attached hydrogens (tertiary/aromatic N) is 5. The number of halogens is 1. The fourth-order valence-corrected chi connectivity index (χ4v) is 9.29. The maximum absolute atomic E-state index is 16.7. The quantitative estimate of drug-likeness (QED) is 0.268. The van der Waals surface area contributed by atoms with Gasteiger partial charge in [-0.25, -0.2) is 14.4 Å². The number of benzene rings is 2. The van der Waals surface area contributed by atoms with E-state index in [-0.39, 0.29) is 34.8 Å². The summed E-state index contributed by atoms with van der Waals surface area (Å²) in [4.78, 5) is 42.8. The van der Waals surface area contributed by atoms with E-state index in [9.17, 15) is 9.59 Å². The number of methoxy groups -OCH3 is 2. The van der Waals surface area contributed by atoms with E-state index in [0.29, 0.717) is 53.7 Å². The molecule has 4 fully saturated rings. The third kappa shape index (κ3) is 5.42. The summed E-state index contributed by atoms with van der Waals surface area (Å²) < 4.78 is 28.2. The highest BCUT2D eigenvalue weighted by Crippen LogP contribution is 2.47. The third-order valence-electron chi connectivity index (χ3n) is 11.9. The predicted octanol–water partition coefficient (Wildman–Crippen LogP) is 4.75. The zero-order chi connectivity index (χ0) is 35.8. The molecule has 0 bridgehead atoms. The standard InChI is InChI=1S/C40H42FN7O4/c1-23-25(6-4-7-26(23)30-17-42-31(37(44-30)51-2)18-47-19-39(20-47)14-12-33(49)45-39)27-8-5-9-28(36(27)41)29-16-24-10-11-32(35(24)38(43-29)52-3)48-21-40(22-48)15-13-34(50)46-40/h4-9,16-17,32H,10-15,18-22H2,1-3H3,(H,45,49)(H,46,50)/t32-/m0/s1. The van der Waals surface area contributed by atoms with Gasteiger partial charge in [-0.2, -0.15) is 0 Å². The number of amides is 2. The van der Waals surface area contributed by atoms with Gasteiger partial charge in [0.2, 0.25) is 23.6 Å². The van der Waals surface area contributed by atoms with Crippen molar-refractivity contribution in [3.63, 3.8) is 0 Å². The summed E-state index contributed by atoms with van der Waals surface area (Å²) in [6.45, 7) is 5.77. The molecule has 9 rings (SSSR count). The molecule has 0 radical (unpaired) electrons. The minimum absolute atomic E-state index is 0.101. The lowest BCUT2D eigenvalue weighted by molar-refractivity contribution is -0.121. The molecule has 2 aromatic carbocycles. The maximum Gasteiger partial charge on any atom is 0.237 e. The Bertz CT molecular complexity index is 2130. The molecule has 2 amide bonds.